The fourth-order valence-electron chi connectivity index (χ4n) is 2.29. The van der Waals surface area contributed by atoms with Crippen molar-refractivity contribution in [3.05, 3.63) is 18.2 Å². The molecule has 1 aliphatic heterocycles. The van der Waals surface area contributed by atoms with Gasteiger partial charge in [0.05, 0.1) is 25.2 Å². The van der Waals surface area contributed by atoms with E-state index in [1.807, 2.05) is 19.6 Å². The van der Waals surface area contributed by atoms with Crippen LogP contribution in [0.15, 0.2) is 12.5 Å². The van der Waals surface area contributed by atoms with Crippen molar-refractivity contribution in [2.24, 2.45) is 7.05 Å². The summed E-state index contributed by atoms with van der Waals surface area (Å²) >= 11 is 0. The Hall–Kier alpha value is -0.910. The summed E-state index contributed by atoms with van der Waals surface area (Å²) in [5.74, 6) is 0. The molecule has 0 saturated carbocycles. The van der Waals surface area contributed by atoms with Gasteiger partial charge in [-0.25, -0.2) is 4.98 Å². The van der Waals surface area contributed by atoms with Gasteiger partial charge in [-0.1, -0.05) is 0 Å². The van der Waals surface area contributed by atoms with Crippen molar-refractivity contribution in [3.63, 3.8) is 0 Å². The van der Waals surface area contributed by atoms with E-state index >= 15 is 0 Å². The van der Waals surface area contributed by atoms with E-state index in [2.05, 4.69) is 33.6 Å². The van der Waals surface area contributed by atoms with Gasteiger partial charge in [-0.2, -0.15) is 0 Å². The second-order valence-corrected chi connectivity index (χ2v) is 5.05. The molecule has 5 heteroatoms. The Morgan fingerprint density at radius 3 is 2.72 bits per heavy atom. The fourth-order valence-corrected chi connectivity index (χ4v) is 2.29. The van der Waals surface area contributed by atoms with Crippen molar-refractivity contribution < 1.29 is 4.74 Å². The number of imidazole rings is 1. The molecule has 2 atom stereocenters. The summed E-state index contributed by atoms with van der Waals surface area (Å²) < 4.78 is 7.45. The lowest BCUT2D eigenvalue weighted by atomic mass is 10.1. The smallest absolute Gasteiger partial charge is 0.0945 e. The molecular weight excluding hydrogens is 228 g/mol. The molecule has 0 amide bonds. The number of nitrogens with zero attached hydrogens (tertiary/aromatic N) is 3. The minimum absolute atomic E-state index is 0.456. The zero-order valence-electron chi connectivity index (χ0n) is 11.6. The molecule has 1 aromatic rings. The van der Waals surface area contributed by atoms with Crippen molar-refractivity contribution >= 4 is 0 Å². The van der Waals surface area contributed by atoms with Crippen LogP contribution in [0.1, 0.15) is 19.5 Å². The maximum atomic E-state index is 5.39. The number of morpholine rings is 1. The number of aromatic nitrogens is 2. The number of ether oxygens (including phenoxy) is 1. The van der Waals surface area contributed by atoms with E-state index in [9.17, 15) is 0 Å². The minimum Gasteiger partial charge on any atom is -0.379 e. The number of aryl methyl sites for hydroxylation is 1. The van der Waals surface area contributed by atoms with Crippen molar-refractivity contribution in [1.82, 2.24) is 19.8 Å². The minimum atomic E-state index is 0.456. The van der Waals surface area contributed by atoms with Gasteiger partial charge >= 0.3 is 0 Å². The van der Waals surface area contributed by atoms with Crippen molar-refractivity contribution in [1.29, 1.82) is 0 Å². The molecule has 2 rings (SSSR count). The van der Waals surface area contributed by atoms with Crippen LogP contribution >= 0.6 is 0 Å². The highest BCUT2D eigenvalue weighted by molar-refractivity contribution is 4.97. The monoisotopic (exact) mass is 252 g/mol. The van der Waals surface area contributed by atoms with Crippen molar-refractivity contribution in [3.8, 4) is 0 Å². The summed E-state index contributed by atoms with van der Waals surface area (Å²) in [6.07, 6.45) is 3.76. The molecule has 0 unspecified atom stereocenters. The van der Waals surface area contributed by atoms with Gasteiger partial charge in [0.2, 0.25) is 0 Å². The molecule has 1 saturated heterocycles. The van der Waals surface area contributed by atoms with E-state index in [4.69, 9.17) is 4.74 Å². The zero-order valence-corrected chi connectivity index (χ0v) is 11.6. The molecule has 5 nitrogen and oxygen atoms in total. The quantitative estimate of drug-likeness (QED) is 0.834. The summed E-state index contributed by atoms with van der Waals surface area (Å²) in [5.41, 5.74) is 1.22. The Labute approximate surface area is 109 Å². The van der Waals surface area contributed by atoms with E-state index in [0.717, 1.165) is 32.8 Å². The first kappa shape index (κ1) is 13.5. The van der Waals surface area contributed by atoms with Crippen LogP contribution in [0.3, 0.4) is 0 Å². The average Bonchev–Trinajstić information content (AvgIpc) is 2.81. The summed E-state index contributed by atoms with van der Waals surface area (Å²) in [6.45, 7) is 9.20. The van der Waals surface area contributed by atoms with Crippen LogP contribution in [0.4, 0.5) is 0 Å². The Morgan fingerprint density at radius 2 is 2.11 bits per heavy atom. The summed E-state index contributed by atoms with van der Waals surface area (Å²) in [6, 6.07) is 0.986. The molecule has 1 aliphatic rings. The van der Waals surface area contributed by atoms with Crippen LogP contribution in [0.2, 0.25) is 0 Å². The van der Waals surface area contributed by atoms with Gasteiger partial charge in [0.1, 0.15) is 0 Å². The summed E-state index contributed by atoms with van der Waals surface area (Å²) in [7, 11) is 2.03. The fraction of sp³-hybridized carbons (Fsp3) is 0.769. The van der Waals surface area contributed by atoms with Gasteiger partial charge in [0, 0.05) is 45.0 Å². The van der Waals surface area contributed by atoms with Crippen LogP contribution in [-0.2, 0) is 18.3 Å². The van der Waals surface area contributed by atoms with Gasteiger partial charge in [0.15, 0.2) is 0 Å². The first-order chi connectivity index (χ1) is 8.68. The van der Waals surface area contributed by atoms with Crippen LogP contribution in [0.25, 0.3) is 0 Å². The van der Waals surface area contributed by atoms with Crippen LogP contribution < -0.4 is 5.32 Å². The van der Waals surface area contributed by atoms with E-state index in [1.165, 1.54) is 5.69 Å². The highest BCUT2D eigenvalue weighted by Crippen LogP contribution is 2.08. The topological polar surface area (TPSA) is 42.3 Å². The first-order valence-corrected chi connectivity index (χ1v) is 6.69. The molecular formula is C13H24N4O. The SMILES string of the molecule is C[C@H](NCc1cncn1C)[C@@H](C)N1CCOCC1. The highest BCUT2D eigenvalue weighted by Gasteiger charge is 2.21. The van der Waals surface area contributed by atoms with Crippen LogP contribution in [-0.4, -0.2) is 52.8 Å². The Kier molecular flexibility index (Phi) is 4.74. The summed E-state index contributed by atoms with van der Waals surface area (Å²) in [5, 5.41) is 3.58. The predicted molar refractivity (Wildman–Crippen MR) is 71.4 cm³/mol. The molecule has 0 bridgehead atoms. The average molecular weight is 252 g/mol. The van der Waals surface area contributed by atoms with Crippen LogP contribution in [0.5, 0.6) is 0 Å². The lowest BCUT2D eigenvalue weighted by Crippen LogP contribution is -2.50. The third-order valence-electron chi connectivity index (χ3n) is 3.87. The third kappa shape index (κ3) is 3.31. The largest absolute Gasteiger partial charge is 0.379 e. The first-order valence-electron chi connectivity index (χ1n) is 6.69. The van der Waals surface area contributed by atoms with Gasteiger partial charge in [0.25, 0.3) is 0 Å². The third-order valence-corrected chi connectivity index (χ3v) is 3.87. The van der Waals surface area contributed by atoms with Crippen LogP contribution in [0, 0.1) is 0 Å². The normalized spacial score (nSPS) is 20.8. The molecule has 18 heavy (non-hydrogen) atoms. The van der Waals surface area contributed by atoms with E-state index < -0.39 is 0 Å². The van der Waals surface area contributed by atoms with E-state index in [0.29, 0.717) is 12.1 Å². The molecule has 0 spiro atoms. The Morgan fingerprint density at radius 1 is 1.39 bits per heavy atom. The molecule has 0 aliphatic carbocycles. The Balaban J connectivity index is 1.79. The molecule has 1 aromatic heterocycles. The number of nitrogens with one attached hydrogen (secondary N) is 1. The highest BCUT2D eigenvalue weighted by atomic mass is 16.5. The molecule has 102 valence electrons. The molecule has 2 heterocycles. The standard InChI is InChI=1S/C13H24N4O/c1-11(12(2)17-4-6-18-7-5-17)15-9-13-8-14-10-16(13)3/h8,10-12,15H,4-7,9H2,1-3H3/t11-,12+/m0/s1. The second kappa shape index (κ2) is 6.31. The number of hydrogen-bond donors (Lipinski definition) is 1. The molecule has 1 N–H and O–H groups in total. The zero-order chi connectivity index (χ0) is 13.0. The Bertz CT molecular complexity index is 360. The van der Waals surface area contributed by atoms with Crippen molar-refractivity contribution in [2.45, 2.75) is 32.5 Å². The predicted octanol–water partition coefficient (Wildman–Crippen LogP) is 0.619. The van der Waals surface area contributed by atoms with Gasteiger partial charge in [-0.05, 0) is 13.8 Å². The van der Waals surface area contributed by atoms with Gasteiger partial charge in [-0.3, -0.25) is 4.90 Å². The van der Waals surface area contributed by atoms with E-state index in [-0.39, 0.29) is 0 Å². The molecule has 1 fully saturated rings. The maximum Gasteiger partial charge on any atom is 0.0945 e. The number of hydrogen-bond acceptors (Lipinski definition) is 4. The van der Waals surface area contributed by atoms with Gasteiger partial charge in [-0.15, -0.1) is 0 Å². The lowest BCUT2D eigenvalue weighted by molar-refractivity contribution is 0.0135. The molecule has 0 aromatic carbocycles. The summed E-state index contributed by atoms with van der Waals surface area (Å²) in [4.78, 5) is 6.62. The van der Waals surface area contributed by atoms with E-state index in [1.54, 1.807) is 0 Å². The second-order valence-electron chi connectivity index (χ2n) is 5.05. The lowest BCUT2D eigenvalue weighted by Gasteiger charge is -2.36. The van der Waals surface area contributed by atoms with Gasteiger partial charge < -0.3 is 14.6 Å². The number of rotatable bonds is 5. The van der Waals surface area contributed by atoms with Crippen molar-refractivity contribution in [2.75, 3.05) is 26.3 Å². The maximum absolute atomic E-state index is 5.39. The molecule has 0 radical (unpaired) electrons.